The maximum Gasteiger partial charge on any atom is 0.323 e. The molecule has 1 saturated carbocycles. The number of aromatic nitrogens is 2. The van der Waals surface area contributed by atoms with E-state index in [4.69, 9.17) is 0 Å². The van der Waals surface area contributed by atoms with Crippen molar-refractivity contribution < 1.29 is 27.9 Å². The Morgan fingerprint density at radius 1 is 0.849 bits per heavy atom. The van der Waals surface area contributed by atoms with Crippen LogP contribution in [-0.4, -0.2) is 65.8 Å². The summed E-state index contributed by atoms with van der Waals surface area (Å²) in [6.45, 7) is 0.626. The molecule has 0 aliphatic heterocycles. The summed E-state index contributed by atoms with van der Waals surface area (Å²) in [5, 5.41) is 13.1. The van der Waals surface area contributed by atoms with Crippen molar-refractivity contribution in [3.05, 3.63) is 96.3 Å². The number of carbonyl (C=O) groups excluding carboxylic acids is 2. The molecule has 1 unspecified atom stereocenters. The van der Waals surface area contributed by atoms with Crippen molar-refractivity contribution in [2.45, 2.75) is 69.7 Å². The van der Waals surface area contributed by atoms with Gasteiger partial charge in [-0.3, -0.25) is 14.4 Å². The molecular formula is C41H47N5O6S. The molecular weight excluding hydrogens is 691 g/mol. The van der Waals surface area contributed by atoms with Crippen LogP contribution < -0.4 is 10.0 Å². The molecule has 53 heavy (non-hydrogen) atoms. The summed E-state index contributed by atoms with van der Waals surface area (Å²) in [7, 11) is -4.03. The van der Waals surface area contributed by atoms with E-state index in [1.54, 1.807) is 48.5 Å². The number of fused-ring (bicyclic) bond motifs is 1. The third-order valence-electron chi connectivity index (χ3n) is 10.8. The molecule has 11 nitrogen and oxygen atoms in total. The Morgan fingerprint density at radius 2 is 1.57 bits per heavy atom. The highest BCUT2D eigenvalue weighted by atomic mass is 32.2. The first-order chi connectivity index (χ1) is 25.6. The number of benzene rings is 3. The molecule has 1 aromatic heterocycles. The van der Waals surface area contributed by atoms with Crippen molar-refractivity contribution in [1.82, 2.24) is 24.9 Å². The van der Waals surface area contributed by atoms with Crippen molar-refractivity contribution in [3.63, 3.8) is 0 Å². The van der Waals surface area contributed by atoms with Crippen LogP contribution in [0.25, 0.3) is 27.7 Å². The molecule has 4 aromatic rings. The molecule has 12 heteroatoms. The molecule has 278 valence electrons. The summed E-state index contributed by atoms with van der Waals surface area (Å²) in [4.78, 5) is 47.5. The van der Waals surface area contributed by atoms with Gasteiger partial charge in [-0.25, -0.2) is 23.1 Å². The van der Waals surface area contributed by atoms with E-state index < -0.39 is 47.4 Å². The van der Waals surface area contributed by atoms with Crippen molar-refractivity contribution in [2.24, 2.45) is 17.8 Å². The lowest BCUT2D eigenvalue weighted by molar-refractivity contribution is -0.144. The number of amides is 2. The molecule has 0 radical (unpaired) electrons. The fraction of sp³-hybridized carbons (Fsp3) is 0.390. The maximum absolute atomic E-state index is 13.0. The zero-order chi connectivity index (χ0) is 37.4. The highest BCUT2D eigenvalue weighted by Crippen LogP contribution is 2.41. The van der Waals surface area contributed by atoms with Gasteiger partial charge in [0.25, 0.3) is 0 Å². The molecule has 2 aliphatic rings. The Labute approximate surface area is 311 Å². The number of carboxylic acids is 1. The molecule has 3 N–H and O–H groups in total. The lowest BCUT2D eigenvalue weighted by atomic mass is 9.71. The minimum Gasteiger partial charge on any atom is -0.480 e. The van der Waals surface area contributed by atoms with E-state index in [1.807, 2.05) is 24.5 Å². The van der Waals surface area contributed by atoms with Gasteiger partial charge in [0.1, 0.15) is 6.54 Å². The third kappa shape index (κ3) is 9.74. The highest BCUT2D eigenvalue weighted by Gasteiger charge is 2.28. The van der Waals surface area contributed by atoms with E-state index >= 15 is 0 Å². The van der Waals surface area contributed by atoms with Gasteiger partial charge in [0, 0.05) is 35.5 Å². The minimum atomic E-state index is -4.03. The molecule has 0 saturated heterocycles. The van der Waals surface area contributed by atoms with Gasteiger partial charge < -0.3 is 15.3 Å². The Kier molecular flexibility index (Phi) is 12.3. The molecule has 1 heterocycles. The summed E-state index contributed by atoms with van der Waals surface area (Å²) in [5.41, 5.74) is 3.83. The Morgan fingerprint density at radius 3 is 2.25 bits per heavy atom. The largest absolute Gasteiger partial charge is 0.480 e. The summed E-state index contributed by atoms with van der Waals surface area (Å²) >= 11 is 0. The number of allylic oxidation sites excluding steroid dienone is 2. The zero-order valence-corrected chi connectivity index (χ0v) is 30.9. The zero-order valence-electron chi connectivity index (χ0n) is 30.0. The molecule has 6 rings (SSSR count). The summed E-state index contributed by atoms with van der Waals surface area (Å²) < 4.78 is 28.2. The van der Waals surface area contributed by atoms with Crippen molar-refractivity contribution in [1.29, 1.82) is 0 Å². The van der Waals surface area contributed by atoms with Crippen molar-refractivity contribution in [3.8, 4) is 11.4 Å². The summed E-state index contributed by atoms with van der Waals surface area (Å²) in [6.07, 6.45) is 16.4. The van der Waals surface area contributed by atoms with Crippen LogP contribution >= 0.6 is 0 Å². The number of carboxylic acid groups (broad SMARTS) is 1. The number of hydrogen-bond acceptors (Lipinski definition) is 7. The highest BCUT2D eigenvalue weighted by molar-refractivity contribution is 7.89. The van der Waals surface area contributed by atoms with Crippen LogP contribution in [0.3, 0.4) is 0 Å². The molecule has 1 atom stereocenters. The van der Waals surface area contributed by atoms with Crippen LogP contribution in [0.4, 0.5) is 0 Å². The van der Waals surface area contributed by atoms with E-state index in [0.29, 0.717) is 16.8 Å². The van der Waals surface area contributed by atoms with Crippen LogP contribution in [-0.2, 0) is 31.0 Å². The SMILES string of the molecule is CCC1CCC(C2CC=C(c3cnc(-c4ccc(CN(CC(=O)O)C(=O)CNC(=O)CNS(=O)(=O)c5cccc6ccccc56)cc4)nc3)CC2)CC1. The monoisotopic (exact) mass is 737 g/mol. The number of nitrogens with one attached hydrogen (secondary N) is 2. The predicted octanol–water partition coefficient (Wildman–Crippen LogP) is 6.20. The minimum absolute atomic E-state index is 0.00994. The van der Waals surface area contributed by atoms with Gasteiger partial charge in [0.2, 0.25) is 21.8 Å². The number of sulfonamides is 1. The molecule has 2 amide bonds. The van der Waals surface area contributed by atoms with Gasteiger partial charge >= 0.3 is 5.97 Å². The fourth-order valence-electron chi connectivity index (χ4n) is 7.65. The Bertz CT molecular complexity index is 2050. The number of carbonyl (C=O) groups is 3. The van der Waals surface area contributed by atoms with Crippen LogP contribution in [0, 0.1) is 17.8 Å². The summed E-state index contributed by atoms with van der Waals surface area (Å²) in [5.74, 6) is 0.555. The average molecular weight is 738 g/mol. The lowest BCUT2D eigenvalue weighted by Gasteiger charge is -2.35. The van der Waals surface area contributed by atoms with Gasteiger partial charge in [-0.1, -0.05) is 92.9 Å². The average Bonchev–Trinajstić information content (AvgIpc) is 3.19. The number of hydrogen-bond donors (Lipinski definition) is 3. The summed E-state index contributed by atoms with van der Waals surface area (Å²) in [6, 6.07) is 19.1. The number of rotatable bonds is 14. The van der Waals surface area contributed by atoms with Crippen LogP contribution in [0.15, 0.2) is 90.1 Å². The van der Waals surface area contributed by atoms with E-state index in [0.717, 1.165) is 52.0 Å². The normalized spacial score (nSPS) is 19.0. The topological polar surface area (TPSA) is 159 Å². The first-order valence-electron chi connectivity index (χ1n) is 18.4. The molecule has 2 aliphatic carbocycles. The Balaban J connectivity index is 0.997. The van der Waals surface area contributed by atoms with Crippen molar-refractivity contribution in [2.75, 3.05) is 19.6 Å². The number of aliphatic carboxylic acids is 1. The third-order valence-corrected chi connectivity index (χ3v) is 12.2. The smallest absolute Gasteiger partial charge is 0.323 e. The van der Waals surface area contributed by atoms with Gasteiger partial charge in [-0.2, -0.15) is 0 Å². The first-order valence-corrected chi connectivity index (χ1v) is 19.9. The lowest BCUT2D eigenvalue weighted by Crippen LogP contribution is -2.44. The van der Waals surface area contributed by atoms with Gasteiger partial charge in [0.05, 0.1) is 18.0 Å². The van der Waals surface area contributed by atoms with E-state index in [2.05, 4.69) is 33.0 Å². The van der Waals surface area contributed by atoms with Gasteiger partial charge in [0.15, 0.2) is 5.82 Å². The van der Waals surface area contributed by atoms with E-state index in [-0.39, 0.29) is 11.4 Å². The second-order valence-electron chi connectivity index (χ2n) is 14.2. The second-order valence-corrected chi connectivity index (χ2v) is 15.9. The quantitative estimate of drug-likeness (QED) is 0.138. The molecule has 0 spiro atoms. The van der Waals surface area contributed by atoms with Crippen LogP contribution in [0.1, 0.15) is 69.4 Å². The first kappa shape index (κ1) is 37.8. The number of nitrogens with zero attached hydrogens (tertiary/aromatic N) is 3. The molecule has 0 bridgehead atoms. The fourth-order valence-corrected chi connectivity index (χ4v) is 8.86. The predicted molar refractivity (Wildman–Crippen MR) is 204 cm³/mol. The maximum atomic E-state index is 13.0. The van der Waals surface area contributed by atoms with Gasteiger partial charge in [-0.05, 0) is 72.4 Å². The Hall–Kier alpha value is -4.94. The second kappa shape index (κ2) is 17.3. The van der Waals surface area contributed by atoms with E-state index in [1.165, 1.54) is 50.2 Å². The van der Waals surface area contributed by atoms with Crippen LogP contribution in [0.5, 0.6) is 0 Å². The standard InChI is InChI=1S/C41H47N5O6S/c1-2-28-10-14-30(15-11-28)31-18-20-32(21-19-31)35-22-43-41(44-23-35)34-16-12-29(13-17-34)26-46(27-40(49)50)39(48)25-42-38(47)24-45-53(51,52)37-9-5-7-33-6-3-4-8-36(33)37/h3-9,12-13,16-17,20,22-23,28,30-31,45H,2,10-11,14-15,18-19,21,24-27H2,1H3,(H,42,47)(H,49,50). The van der Waals surface area contributed by atoms with E-state index in [9.17, 15) is 27.9 Å². The van der Waals surface area contributed by atoms with Crippen molar-refractivity contribution >= 4 is 44.2 Å². The molecule has 1 fully saturated rings. The van der Waals surface area contributed by atoms with Crippen LogP contribution in [0.2, 0.25) is 0 Å². The van der Waals surface area contributed by atoms with Gasteiger partial charge in [-0.15, -0.1) is 0 Å². The molecule has 3 aromatic carbocycles.